The quantitative estimate of drug-likeness (QED) is 0.663. The van der Waals surface area contributed by atoms with Crippen molar-refractivity contribution >= 4 is 22.9 Å². The first-order chi connectivity index (χ1) is 8.11. The number of hydrogen-bond donors (Lipinski definition) is 2. The van der Waals surface area contributed by atoms with E-state index in [1.165, 1.54) is 23.5 Å². The van der Waals surface area contributed by atoms with E-state index in [1.54, 1.807) is 12.1 Å². The van der Waals surface area contributed by atoms with Crippen molar-refractivity contribution in [2.45, 2.75) is 13.0 Å². The summed E-state index contributed by atoms with van der Waals surface area (Å²) in [6, 6.07) is 8.14. The van der Waals surface area contributed by atoms with Gasteiger partial charge in [0.05, 0.1) is 10.4 Å². The van der Waals surface area contributed by atoms with E-state index in [-0.39, 0.29) is 11.9 Å². The van der Waals surface area contributed by atoms with Crippen molar-refractivity contribution in [2.75, 3.05) is 0 Å². The van der Waals surface area contributed by atoms with Crippen molar-refractivity contribution in [3.63, 3.8) is 0 Å². The zero-order valence-corrected chi connectivity index (χ0v) is 10.8. The van der Waals surface area contributed by atoms with Gasteiger partial charge in [-0.1, -0.05) is 17.7 Å². The molecular formula is C12H12ClFN2S. The summed E-state index contributed by atoms with van der Waals surface area (Å²) in [5.41, 5.74) is 4.51. The molecule has 1 unspecified atom stereocenters. The molecule has 1 aromatic carbocycles. The van der Waals surface area contributed by atoms with Crippen LogP contribution in [0.5, 0.6) is 0 Å². The number of benzene rings is 1. The van der Waals surface area contributed by atoms with E-state index in [9.17, 15) is 4.39 Å². The van der Waals surface area contributed by atoms with Crippen molar-refractivity contribution in [1.29, 1.82) is 0 Å². The van der Waals surface area contributed by atoms with E-state index in [1.807, 2.05) is 13.0 Å². The molecule has 90 valence electrons. The van der Waals surface area contributed by atoms with Gasteiger partial charge in [-0.15, -0.1) is 11.3 Å². The lowest BCUT2D eigenvalue weighted by atomic mass is 10.0. The van der Waals surface area contributed by atoms with Gasteiger partial charge in [-0.25, -0.2) is 9.82 Å². The first kappa shape index (κ1) is 12.5. The average Bonchev–Trinajstić information content (AvgIpc) is 2.71. The zero-order chi connectivity index (χ0) is 12.4. The Balaban J connectivity index is 2.45. The molecule has 0 saturated carbocycles. The maximum Gasteiger partial charge on any atom is 0.123 e. The van der Waals surface area contributed by atoms with Gasteiger partial charge in [0.1, 0.15) is 5.82 Å². The Hall–Kier alpha value is -0.940. The molecule has 0 saturated heterocycles. The van der Waals surface area contributed by atoms with Crippen molar-refractivity contribution in [3.8, 4) is 0 Å². The highest BCUT2D eigenvalue weighted by atomic mass is 35.5. The van der Waals surface area contributed by atoms with Crippen molar-refractivity contribution in [3.05, 3.63) is 56.5 Å². The number of thiophene rings is 1. The second kappa shape index (κ2) is 5.14. The van der Waals surface area contributed by atoms with Gasteiger partial charge in [0.2, 0.25) is 0 Å². The summed E-state index contributed by atoms with van der Waals surface area (Å²) in [4.78, 5) is 0.964. The number of hydrogen-bond acceptors (Lipinski definition) is 3. The minimum absolute atomic E-state index is 0.233. The van der Waals surface area contributed by atoms with Crippen molar-refractivity contribution < 1.29 is 4.39 Å². The van der Waals surface area contributed by atoms with Crippen molar-refractivity contribution in [1.82, 2.24) is 5.43 Å². The molecule has 3 N–H and O–H groups in total. The van der Waals surface area contributed by atoms with Crippen LogP contribution in [0.4, 0.5) is 4.39 Å². The lowest BCUT2D eigenvalue weighted by Crippen LogP contribution is -2.28. The molecule has 1 aromatic heterocycles. The molecule has 0 spiro atoms. The molecule has 2 aromatic rings. The molecule has 0 aliphatic rings. The lowest BCUT2D eigenvalue weighted by molar-refractivity contribution is 0.606. The lowest BCUT2D eigenvalue weighted by Gasteiger charge is -2.17. The van der Waals surface area contributed by atoms with Crippen LogP contribution in [0.3, 0.4) is 0 Å². The van der Waals surface area contributed by atoms with Crippen LogP contribution in [0.15, 0.2) is 30.3 Å². The van der Waals surface area contributed by atoms with Gasteiger partial charge in [-0.3, -0.25) is 5.84 Å². The van der Waals surface area contributed by atoms with Gasteiger partial charge in [-0.2, -0.15) is 0 Å². The molecule has 2 rings (SSSR count). The predicted molar refractivity (Wildman–Crippen MR) is 69.6 cm³/mol. The largest absolute Gasteiger partial charge is 0.271 e. The third kappa shape index (κ3) is 2.66. The first-order valence-corrected chi connectivity index (χ1v) is 6.28. The molecule has 17 heavy (non-hydrogen) atoms. The number of nitrogens with two attached hydrogens (primary N) is 1. The smallest absolute Gasteiger partial charge is 0.123 e. The van der Waals surface area contributed by atoms with Gasteiger partial charge < -0.3 is 0 Å². The fourth-order valence-corrected chi connectivity index (χ4v) is 2.87. The van der Waals surface area contributed by atoms with Crippen LogP contribution in [-0.4, -0.2) is 0 Å². The highest BCUT2D eigenvalue weighted by molar-refractivity contribution is 7.16. The number of hydrazine groups is 1. The normalized spacial score (nSPS) is 12.7. The van der Waals surface area contributed by atoms with E-state index in [4.69, 9.17) is 17.4 Å². The Kier molecular flexibility index (Phi) is 3.79. The Morgan fingerprint density at radius 1 is 1.35 bits per heavy atom. The number of rotatable bonds is 3. The number of aryl methyl sites for hydroxylation is 1. The fourth-order valence-electron chi connectivity index (χ4n) is 1.73. The zero-order valence-electron chi connectivity index (χ0n) is 9.21. The summed E-state index contributed by atoms with van der Waals surface area (Å²) in [5, 5.41) is 0. The molecule has 0 aliphatic carbocycles. The second-order valence-electron chi connectivity index (χ2n) is 3.74. The second-order valence-corrected chi connectivity index (χ2v) is 5.49. The standard InChI is InChI=1S/C12H12ClFN2S/c1-7-2-3-8(14)6-9(7)12(16-15)10-4-5-11(13)17-10/h2-6,12,16H,15H2,1H3. The SMILES string of the molecule is Cc1ccc(F)cc1C(NN)c1ccc(Cl)s1. The van der Waals surface area contributed by atoms with E-state index in [2.05, 4.69) is 5.43 Å². The Morgan fingerprint density at radius 3 is 2.71 bits per heavy atom. The van der Waals surface area contributed by atoms with Gasteiger partial charge in [0.25, 0.3) is 0 Å². The van der Waals surface area contributed by atoms with Gasteiger partial charge in [0.15, 0.2) is 0 Å². The van der Waals surface area contributed by atoms with Gasteiger partial charge >= 0.3 is 0 Å². The minimum atomic E-state index is -0.270. The van der Waals surface area contributed by atoms with E-state index < -0.39 is 0 Å². The fraction of sp³-hybridized carbons (Fsp3) is 0.167. The molecule has 0 amide bonds. The summed E-state index contributed by atoms with van der Waals surface area (Å²) in [7, 11) is 0. The van der Waals surface area contributed by atoms with E-state index in [0.717, 1.165) is 16.0 Å². The maximum absolute atomic E-state index is 13.3. The summed E-state index contributed by atoms with van der Waals surface area (Å²) in [5.74, 6) is 5.29. The predicted octanol–water partition coefficient (Wildman–Crippen LogP) is 3.40. The highest BCUT2D eigenvalue weighted by Crippen LogP contribution is 2.32. The summed E-state index contributed by atoms with van der Waals surface area (Å²) >= 11 is 7.33. The number of nitrogens with one attached hydrogen (secondary N) is 1. The molecule has 0 radical (unpaired) electrons. The van der Waals surface area contributed by atoms with Gasteiger partial charge in [0, 0.05) is 4.88 Å². The highest BCUT2D eigenvalue weighted by Gasteiger charge is 2.17. The molecule has 5 heteroatoms. The minimum Gasteiger partial charge on any atom is -0.271 e. The Bertz CT molecular complexity index is 527. The van der Waals surface area contributed by atoms with Crippen molar-refractivity contribution in [2.24, 2.45) is 5.84 Å². The van der Waals surface area contributed by atoms with Crippen LogP contribution in [0.2, 0.25) is 4.34 Å². The van der Waals surface area contributed by atoms with Crippen LogP contribution in [0.1, 0.15) is 22.0 Å². The maximum atomic E-state index is 13.3. The summed E-state index contributed by atoms with van der Waals surface area (Å²) in [6.07, 6.45) is 0. The monoisotopic (exact) mass is 270 g/mol. The van der Waals surface area contributed by atoms with E-state index in [0.29, 0.717) is 4.34 Å². The van der Waals surface area contributed by atoms with Crippen LogP contribution >= 0.6 is 22.9 Å². The first-order valence-electron chi connectivity index (χ1n) is 5.09. The Morgan fingerprint density at radius 2 is 2.12 bits per heavy atom. The molecule has 2 nitrogen and oxygen atoms in total. The van der Waals surface area contributed by atoms with Gasteiger partial charge in [-0.05, 0) is 42.3 Å². The molecule has 0 fully saturated rings. The molecule has 1 atom stereocenters. The average molecular weight is 271 g/mol. The van der Waals surface area contributed by atoms with E-state index >= 15 is 0 Å². The van der Waals surface area contributed by atoms with Crippen LogP contribution < -0.4 is 11.3 Å². The molecule has 1 heterocycles. The Labute approximate surface area is 108 Å². The third-order valence-corrected chi connectivity index (χ3v) is 3.89. The summed E-state index contributed by atoms with van der Waals surface area (Å²) < 4.78 is 14.0. The van der Waals surface area contributed by atoms with Crippen LogP contribution in [-0.2, 0) is 0 Å². The third-order valence-electron chi connectivity index (χ3n) is 2.60. The number of halogens is 2. The molecule has 0 bridgehead atoms. The summed E-state index contributed by atoms with van der Waals surface area (Å²) in [6.45, 7) is 1.92. The molecule has 0 aliphatic heterocycles. The topological polar surface area (TPSA) is 38.0 Å². The van der Waals surface area contributed by atoms with Crippen LogP contribution in [0, 0.1) is 12.7 Å². The molecular weight excluding hydrogens is 259 g/mol. The van der Waals surface area contributed by atoms with Crippen LogP contribution in [0.25, 0.3) is 0 Å².